The Bertz CT molecular complexity index is 596. The van der Waals surface area contributed by atoms with E-state index in [0.29, 0.717) is 6.04 Å². The molecule has 1 aromatic rings. The van der Waals surface area contributed by atoms with Crippen molar-refractivity contribution in [3.05, 3.63) is 36.3 Å². The van der Waals surface area contributed by atoms with Gasteiger partial charge >= 0.3 is 0 Å². The van der Waals surface area contributed by atoms with Crippen molar-refractivity contribution >= 4 is 11.5 Å². The quantitative estimate of drug-likeness (QED) is 0.692. The maximum absolute atomic E-state index is 4.79. The Morgan fingerprint density at radius 2 is 1.88 bits per heavy atom. The van der Waals surface area contributed by atoms with Gasteiger partial charge in [-0.1, -0.05) is 57.6 Å². The van der Waals surface area contributed by atoms with Crippen LogP contribution in [0.1, 0.15) is 69.9 Å². The molecule has 1 heterocycles. The van der Waals surface area contributed by atoms with Crippen LogP contribution in [0.25, 0.3) is 5.57 Å². The van der Waals surface area contributed by atoms with Crippen LogP contribution < -0.4 is 10.6 Å². The molecule has 0 bridgehead atoms. The van der Waals surface area contributed by atoms with Crippen molar-refractivity contribution in [2.24, 2.45) is 5.92 Å². The smallest absolute Gasteiger partial charge is 0.223 e. The van der Waals surface area contributed by atoms with E-state index in [9.17, 15) is 0 Å². The zero-order valence-corrected chi connectivity index (χ0v) is 15.6. The molecule has 0 amide bonds. The number of hydrogen-bond donors (Lipinski definition) is 2. The van der Waals surface area contributed by atoms with Crippen LogP contribution in [-0.4, -0.2) is 23.1 Å². The van der Waals surface area contributed by atoms with Crippen molar-refractivity contribution < 1.29 is 0 Å². The summed E-state index contributed by atoms with van der Waals surface area (Å²) in [4.78, 5) is 9.23. The standard InChI is InChI=1S/C21H32N4/c1-3-18(20(22-2)15-16-9-7-8-10-16)19-13-14-23-21(25-19)24-17-11-5-4-6-12-17/h3,13-14,16-17,22H,1,4-12,15H2,2H3,(H,23,24,25)/b20-18+. The number of nitrogens with one attached hydrogen (secondary N) is 2. The van der Waals surface area contributed by atoms with Crippen LogP contribution in [0.5, 0.6) is 0 Å². The largest absolute Gasteiger partial charge is 0.391 e. The van der Waals surface area contributed by atoms with Crippen molar-refractivity contribution in [3.63, 3.8) is 0 Å². The van der Waals surface area contributed by atoms with Gasteiger partial charge < -0.3 is 10.6 Å². The Morgan fingerprint density at radius 1 is 1.16 bits per heavy atom. The summed E-state index contributed by atoms with van der Waals surface area (Å²) >= 11 is 0. The lowest BCUT2D eigenvalue weighted by atomic mass is 9.96. The van der Waals surface area contributed by atoms with Crippen molar-refractivity contribution in [2.75, 3.05) is 12.4 Å². The maximum atomic E-state index is 4.79. The van der Waals surface area contributed by atoms with E-state index in [1.165, 1.54) is 63.5 Å². The van der Waals surface area contributed by atoms with Gasteiger partial charge in [-0.2, -0.15) is 0 Å². The van der Waals surface area contributed by atoms with Crippen molar-refractivity contribution in [3.8, 4) is 0 Å². The monoisotopic (exact) mass is 340 g/mol. The lowest BCUT2D eigenvalue weighted by Gasteiger charge is -2.23. The van der Waals surface area contributed by atoms with E-state index in [4.69, 9.17) is 4.98 Å². The van der Waals surface area contributed by atoms with E-state index in [0.717, 1.165) is 29.6 Å². The number of rotatable bonds is 7. The molecule has 0 atom stereocenters. The summed E-state index contributed by atoms with van der Waals surface area (Å²) in [6.45, 7) is 4.05. The Morgan fingerprint density at radius 3 is 2.56 bits per heavy atom. The topological polar surface area (TPSA) is 49.8 Å². The molecule has 2 aliphatic rings. The van der Waals surface area contributed by atoms with E-state index >= 15 is 0 Å². The number of anilines is 1. The molecule has 0 spiro atoms. The van der Waals surface area contributed by atoms with Crippen molar-refractivity contribution in [1.29, 1.82) is 0 Å². The van der Waals surface area contributed by atoms with Gasteiger partial charge in [-0.25, -0.2) is 9.97 Å². The van der Waals surface area contributed by atoms with Gasteiger partial charge in [0.2, 0.25) is 5.95 Å². The van der Waals surface area contributed by atoms with Crippen LogP contribution in [0.3, 0.4) is 0 Å². The van der Waals surface area contributed by atoms with Crippen molar-refractivity contribution in [1.82, 2.24) is 15.3 Å². The lowest BCUT2D eigenvalue weighted by molar-refractivity contribution is 0.461. The molecule has 0 unspecified atom stereocenters. The van der Waals surface area contributed by atoms with Crippen LogP contribution >= 0.6 is 0 Å². The van der Waals surface area contributed by atoms with Gasteiger partial charge in [0.25, 0.3) is 0 Å². The van der Waals surface area contributed by atoms with Gasteiger partial charge in [0.15, 0.2) is 0 Å². The molecule has 2 saturated carbocycles. The Balaban J connectivity index is 1.77. The average Bonchev–Trinajstić information content (AvgIpc) is 3.16. The third-order valence-corrected chi connectivity index (χ3v) is 5.67. The molecule has 0 aromatic carbocycles. The van der Waals surface area contributed by atoms with Gasteiger partial charge in [0.1, 0.15) is 0 Å². The summed E-state index contributed by atoms with van der Waals surface area (Å²) in [5, 5.41) is 6.94. The normalized spacial score (nSPS) is 20.2. The molecule has 4 nitrogen and oxygen atoms in total. The molecule has 0 saturated heterocycles. The first-order valence-corrected chi connectivity index (χ1v) is 9.93. The van der Waals surface area contributed by atoms with E-state index in [2.05, 4.69) is 22.2 Å². The molecule has 3 rings (SSSR count). The SMILES string of the molecule is C=C/C(=C(/CC1CCCC1)NC)c1ccnc(NC2CCCCC2)n1. The first-order valence-electron chi connectivity index (χ1n) is 9.93. The zero-order chi connectivity index (χ0) is 17.5. The Labute approximate surface area is 152 Å². The highest BCUT2D eigenvalue weighted by molar-refractivity contribution is 5.74. The zero-order valence-electron chi connectivity index (χ0n) is 15.6. The van der Waals surface area contributed by atoms with Crippen LogP contribution in [-0.2, 0) is 0 Å². The molecule has 1 aromatic heterocycles. The summed E-state index contributed by atoms with van der Waals surface area (Å²) in [7, 11) is 2.01. The molecule has 0 radical (unpaired) electrons. The highest BCUT2D eigenvalue weighted by Gasteiger charge is 2.19. The highest BCUT2D eigenvalue weighted by atomic mass is 15.1. The van der Waals surface area contributed by atoms with Crippen LogP contribution in [0.2, 0.25) is 0 Å². The Kier molecular flexibility index (Phi) is 6.48. The fraction of sp³-hybridized carbons (Fsp3) is 0.619. The average molecular weight is 341 g/mol. The summed E-state index contributed by atoms with van der Waals surface area (Å²) in [5.74, 6) is 1.54. The van der Waals surface area contributed by atoms with Crippen LogP contribution in [0.15, 0.2) is 30.6 Å². The number of allylic oxidation sites excluding steroid dienone is 3. The summed E-state index contributed by atoms with van der Waals surface area (Å²) in [6, 6.07) is 2.51. The predicted molar refractivity (Wildman–Crippen MR) is 105 cm³/mol. The van der Waals surface area contributed by atoms with E-state index in [1.54, 1.807) is 0 Å². The summed E-state index contributed by atoms with van der Waals surface area (Å²) < 4.78 is 0. The lowest BCUT2D eigenvalue weighted by Crippen LogP contribution is -2.23. The first kappa shape index (κ1) is 18.0. The van der Waals surface area contributed by atoms with Gasteiger partial charge in [-0.05, 0) is 31.2 Å². The minimum absolute atomic E-state index is 0.516. The van der Waals surface area contributed by atoms with Gasteiger partial charge in [0, 0.05) is 30.6 Å². The van der Waals surface area contributed by atoms with Gasteiger partial charge in [-0.15, -0.1) is 0 Å². The first-order chi connectivity index (χ1) is 12.3. The number of hydrogen-bond acceptors (Lipinski definition) is 4. The number of aromatic nitrogens is 2. The third-order valence-electron chi connectivity index (χ3n) is 5.67. The second kappa shape index (κ2) is 9.02. The van der Waals surface area contributed by atoms with E-state index < -0.39 is 0 Å². The molecular formula is C21H32N4. The van der Waals surface area contributed by atoms with E-state index in [-0.39, 0.29) is 0 Å². The molecule has 25 heavy (non-hydrogen) atoms. The van der Waals surface area contributed by atoms with Crippen LogP contribution in [0, 0.1) is 5.92 Å². The fourth-order valence-electron chi connectivity index (χ4n) is 4.24. The number of nitrogens with zero attached hydrogens (tertiary/aromatic N) is 2. The molecule has 2 aliphatic carbocycles. The second-order valence-corrected chi connectivity index (χ2v) is 7.45. The van der Waals surface area contributed by atoms with E-state index in [1.807, 2.05) is 25.4 Å². The molecule has 2 N–H and O–H groups in total. The predicted octanol–water partition coefficient (Wildman–Crippen LogP) is 4.92. The minimum Gasteiger partial charge on any atom is -0.391 e. The second-order valence-electron chi connectivity index (χ2n) is 7.45. The minimum atomic E-state index is 0.516. The fourth-order valence-corrected chi connectivity index (χ4v) is 4.24. The molecule has 136 valence electrons. The Hall–Kier alpha value is -1.84. The van der Waals surface area contributed by atoms with Crippen molar-refractivity contribution in [2.45, 2.75) is 70.3 Å². The highest BCUT2D eigenvalue weighted by Crippen LogP contribution is 2.32. The van der Waals surface area contributed by atoms with Gasteiger partial charge in [0.05, 0.1) is 5.69 Å². The molecule has 2 fully saturated rings. The molecular weight excluding hydrogens is 308 g/mol. The maximum Gasteiger partial charge on any atom is 0.223 e. The van der Waals surface area contributed by atoms with Crippen LogP contribution in [0.4, 0.5) is 5.95 Å². The summed E-state index contributed by atoms with van der Waals surface area (Å²) in [5.41, 5.74) is 3.33. The molecule has 4 heteroatoms. The summed E-state index contributed by atoms with van der Waals surface area (Å²) in [6.07, 6.45) is 16.7. The van der Waals surface area contributed by atoms with Gasteiger partial charge in [-0.3, -0.25) is 0 Å². The molecule has 0 aliphatic heterocycles. The third kappa shape index (κ3) is 4.83.